The number of nitrogens with zero attached hydrogens (tertiary/aromatic N) is 2. The van der Waals surface area contributed by atoms with Crippen molar-refractivity contribution in [2.24, 2.45) is 0 Å². The van der Waals surface area contributed by atoms with Crippen LogP contribution in [0.4, 0.5) is 0 Å². The monoisotopic (exact) mass is 363 g/mol. The number of carbonyl (C=O) groups is 1. The third-order valence-electron chi connectivity index (χ3n) is 6.27. The lowest BCUT2D eigenvalue weighted by atomic mass is 9.96. The predicted octanol–water partition coefficient (Wildman–Crippen LogP) is 3.86. The van der Waals surface area contributed by atoms with Gasteiger partial charge in [-0.05, 0) is 60.7 Å². The first-order valence-corrected chi connectivity index (χ1v) is 10.3. The molecule has 2 aliphatic rings. The van der Waals surface area contributed by atoms with Crippen molar-refractivity contribution in [2.45, 2.75) is 44.6 Å². The zero-order chi connectivity index (χ0) is 18.6. The van der Waals surface area contributed by atoms with Gasteiger partial charge in [-0.25, -0.2) is 0 Å². The van der Waals surface area contributed by atoms with Crippen LogP contribution >= 0.6 is 0 Å². The van der Waals surface area contributed by atoms with Gasteiger partial charge in [-0.2, -0.15) is 0 Å². The highest BCUT2D eigenvalue weighted by atomic mass is 16.2. The predicted molar refractivity (Wildman–Crippen MR) is 111 cm³/mol. The van der Waals surface area contributed by atoms with Gasteiger partial charge in [0.05, 0.1) is 6.42 Å². The second kappa shape index (κ2) is 8.22. The summed E-state index contributed by atoms with van der Waals surface area (Å²) in [5.41, 5.74) is 1.98. The van der Waals surface area contributed by atoms with Gasteiger partial charge in [0, 0.05) is 25.3 Å². The van der Waals surface area contributed by atoms with Crippen molar-refractivity contribution < 1.29 is 4.79 Å². The van der Waals surface area contributed by atoms with Crippen molar-refractivity contribution in [2.75, 3.05) is 26.2 Å². The molecule has 2 heterocycles. The second-order valence-corrected chi connectivity index (χ2v) is 7.89. The highest BCUT2D eigenvalue weighted by molar-refractivity contribution is 6.01. The molecule has 0 atom stereocenters. The minimum Gasteiger partial charge on any atom is -0.342 e. The first-order chi connectivity index (χ1) is 13.3. The Hall–Kier alpha value is -2.20. The summed E-state index contributed by atoms with van der Waals surface area (Å²) in [5, 5.41) is 9.75. The molecule has 4 heteroatoms. The number of piperidine rings is 2. The van der Waals surface area contributed by atoms with E-state index in [0.717, 1.165) is 47.8 Å². The van der Waals surface area contributed by atoms with Gasteiger partial charge < -0.3 is 15.2 Å². The molecule has 0 aromatic heterocycles. The molecule has 1 amide bonds. The maximum absolute atomic E-state index is 12.9. The van der Waals surface area contributed by atoms with Crippen molar-refractivity contribution in [1.29, 1.82) is 5.41 Å². The van der Waals surface area contributed by atoms with Crippen LogP contribution in [0, 0.1) is 5.41 Å². The molecule has 4 nitrogen and oxygen atoms in total. The Balaban J connectivity index is 1.41. The minimum absolute atomic E-state index is 0.236. The lowest BCUT2D eigenvalue weighted by Gasteiger charge is -2.40. The average molecular weight is 364 g/mol. The molecule has 1 N–H and O–H groups in total. The lowest BCUT2D eigenvalue weighted by Crippen LogP contribution is -2.48. The first-order valence-electron chi connectivity index (χ1n) is 10.3. The minimum atomic E-state index is 0.236. The van der Waals surface area contributed by atoms with E-state index in [0.29, 0.717) is 12.5 Å². The normalized spacial score (nSPS) is 19.3. The average Bonchev–Trinajstić information content (AvgIpc) is 2.75. The number of rotatable bonds is 4. The van der Waals surface area contributed by atoms with Gasteiger partial charge in [-0.15, -0.1) is 0 Å². The van der Waals surface area contributed by atoms with Crippen LogP contribution in [0.3, 0.4) is 0 Å². The molecule has 0 unspecified atom stereocenters. The Labute approximate surface area is 161 Å². The van der Waals surface area contributed by atoms with Crippen LogP contribution in [0.5, 0.6) is 0 Å². The maximum atomic E-state index is 12.9. The number of nitrogens with one attached hydrogen (secondary N) is 1. The van der Waals surface area contributed by atoms with Crippen molar-refractivity contribution >= 4 is 22.9 Å². The number of hydrogen-bond donors (Lipinski definition) is 1. The molecular formula is C23H29N3O. The van der Waals surface area contributed by atoms with Crippen molar-refractivity contribution in [3.63, 3.8) is 0 Å². The molecule has 2 saturated heterocycles. The summed E-state index contributed by atoms with van der Waals surface area (Å²) >= 11 is 0. The lowest BCUT2D eigenvalue weighted by molar-refractivity contribution is -0.132. The molecular weight excluding hydrogens is 334 g/mol. The molecule has 2 aromatic rings. The fraction of sp³-hybridized carbons (Fsp3) is 0.478. The molecule has 4 rings (SSSR count). The summed E-state index contributed by atoms with van der Waals surface area (Å²) in [4.78, 5) is 17.6. The second-order valence-electron chi connectivity index (χ2n) is 7.89. The van der Waals surface area contributed by atoms with Gasteiger partial charge in [0.1, 0.15) is 0 Å². The molecule has 0 aliphatic carbocycles. The van der Waals surface area contributed by atoms with E-state index in [2.05, 4.69) is 15.9 Å². The fourth-order valence-electron chi connectivity index (χ4n) is 4.70. The van der Waals surface area contributed by atoms with Crippen molar-refractivity contribution in [3.05, 3.63) is 47.5 Å². The molecule has 2 aromatic carbocycles. The van der Waals surface area contributed by atoms with E-state index >= 15 is 0 Å². The molecule has 27 heavy (non-hydrogen) atoms. The van der Waals surface area contributed by atoms with Crippen LogP contribution < -0.4 is 0 Å². The van der Waals surface area contributed by atoms with Gasteiger partial charge in [0.15, 0.2) is 0 Å². The van der Waals surface area contributed by atoms with E-state index in [9.17, 15) is 4.79 Å². The SMILES string of the molecule is N=Cc1ccc(CC(=O)N2CCC(N3CCCCC3)CC2)c2ccccc12. The van der Waals surface area contributed by atoms with Crippen LogP contribution in [0.1, 0.15) is 43.2 Å². The zero-order valence-corrected chi connectivity index (χ0v) is 16.0. The van der Waals surface area contributed by atoms with Gasteiger partial charge >= 0.3 is 0 Å². The van der Waals surface area contributed by atoms with E-state index in [1.165, 1.54) is 38.6 Å². The van der Waals surface area contributed by atoms with Crippen LogP contribution in [0.15, 0.2) is 36.4 Å². The molecule has 2 fully saturated rings. The van der Waals surface area contributed by atoms with Crippen LogP contribution in [0.2, 0.25) is 0 Å². The molecule has 2 aliphatic heterocycles. The Morgan fingerprint density at radius 3 is 2.37 bits per heavy atom. The Morgan fingerprint density at radius 2 is 1.67 bits per heavy atom. The van der Waals surface area contributed by atoms with Gasteiger partial charge in [0.2, 0.25) is 5.91 Å². The number of fused-ring (bicyclic) bond motifs is 1. The standard InChI is InChI=1S/C23H29N3O/c24-17-19-9-8-18(21-6-2-3-7-22(19)21)16-23(27)26-14-10-20(11-15-26)25-12-4-1-5-13-25/h2-3,6-9,17,20,24H,1,4-5,10-16H2. The summed E-state index contributed by atoms with van der Waals surface area (Å²) in [7, 11) is 0. The topological polar surface area (TPSA) is 47.4 Å². The fourth-order valence-corrected chi connectivity index (χ4v) is 4.70. The summed E-state index contributed by atoms with van der Waals surface area (Å²) in [6.45, 7) is 4.25. The number of hydrogen-bond acceptors (Lipinski definition) is 3. The van der Waals surface area contributed by atoms with E-state index < -0.39 is 0 Å². The van der Waals surface area contributed by atoms with Crippen LogP contribution in [-0.4, -0.2) is 54.1 Å². The smallest absolute Gasteiger partial charge is 0.227 e. The van der Waals surface area contributed by atoms with E-state index in [-0.39, 0.29) is 5.91 Å². The molecule has 142 valence electrons. The Kier molecular flexibility index (Phi) is 5.53. The van der Waals surface area contributed by atoms with Gasteiger partial charge in [-0.1, -0.05) is 42.8 Å². The van der Waals surface area contributed by atoms with Crippen LogP contribution in [0.25, 0.3) is 10.8 Å². The highest BCUT2D eigenvalue weighted by Gasteiger charge is 2.27. The largest absolute Gasteiger partial charge is 0.342 e. The number of carbonyl (C=O) groups excluding carboxylic acids is 1. The number of likely N-dealkylation sites (tertiary alicyclic amines) is 2. The molecule has 0 spiro atoms. The third-order valence-corrected chi connectivity index (χ3v) is 6.27. The van der Waals surface area contributed by atoms with E-state index in [1.807, 2.05) is 30.3 Å². The third kappa shape index (κ3) is 3.91. The zero-order valence-electron chi connectivity index (χ0n) is 16.0. The van der Waals surface area contributed by atoms with Gasteiger partial charge in [0.25, 0.3) is 0 Å². The van der Waals surface area contributed by atoms with Crippen LogP contribution in [-0.2, 0) is 11.2 Å². The molecule has 0 bridgehead atoms. The quantitative estimate of drug-likeness (QED) is 0.839. The van der Waals surface area contributed by atoms with Gasteiger partial charge in [-0.3, -0.25) is 4.79 Å². The summed E-state index contributed by atoms with van der Waals surface area (Å²) < 4.78 is 0. The Bertz CT molecular complexity index is 817. The van der Waals surface area contributed by atoms with Crippen molar-refractivity contribution in [3.8, 4) is 0 Å². The summed E-state index contributed by atoms with van der Waals surface area (Å²) in [6.07, 6.45) is 8.10. The Morgan fingerprint density at radius 1 is 0.963 bits per heavy atom. The maximum Gasteiger partial charge on any atom is 0.227 e. The number of benzene rings is 2. The van der Waals surface area contributed by atoms with Crippen molar-refractivity contribution in [1.82, 2.24) is 9.80 Å². The molecule has 0 saturated carbocycles. The first kappa shape index (κ1) is 18.2. The van der Waals surface area contributed by atoms with E-state index in [1.54, 1.807) is 0 Å². The van der Waals surface area contributed by atoms with E-state index in [4.69, 9.17) is 5.41 Å². The summed E-state index contributed by atoms with van der Waals surface area (Å²) in [6, 6.07) is 12.7. The number of amides is 1. The highest BCUT2D eigenvalue weighted by Crippen LogP contribution is 2.24. The summed E-state index contributed by atoms with van der Waals surface area (Å²) in [5.74, 6) is 0.236. The molecule has 0 radical (unpaired) electrons.